The van der Waals surface area contributed by atoms with Crippen LogP contribution in [0.25, 0.3) is 16.7 Å². The molecule has 6 nitrogen and oxygen atoms in total. The quantitative estimate of drug-likeness (QED) is 0.703. The molecule has 0 fully saturated rings. The van der Waals surface area contributed by atoms with Gasteiger partial charge >= 0.3 is 0 Å². The summed E-state index contributed by atoms with van der Waals surface area (Å²) >= 11 is 0. The van der Waals surface area contributed by atoms with Crippen molar-refractivity contribution in [2.75, 3.05) is 7.05 Å². The number of imidazole rings is 1. The highest BCUT2D eigenvalue weighted by atomic mass is 15.7. The maximum Gasteiger partial charge on any atom is 0.266 e. The molecule has 1 aromatic heterocycles. The van der Waals surface area contributed by atoms with E-state index in [1.165, 1.54) is 0 Å². The molecular weight excluding hydrogens is 336 g/mol. The summed E-state index contributed by atoms with van der Waals surface area (Å²) in [5, 5.41) is 7.91. The van der Waals surface area contributed by atoms with Crippen molar-refractivity contribution in [2.45, 2.75) is 6.54 Å². The first-order chi connectivity index (χ1) is 13.3. The number of aliphatic imine (C=N–C) groups is 1. The Morgan fingerprint density at radius 2 is 2.00 bits per heavy atom. The predicted molar refractivity (Wildman–Crippen MR) is 110 cm³/mol. The number of amidine groups is 1. The molecule has 0 spiro atoms. The van der Waals surface area contributed by atoms with Crippen molar-refractivity contribution in [1.82, 2.24) is 19.9 Å². The van der Waals surface area contributed by atoms with E-state index in [-0.39, 0.29) is 4.59 Å². The first kappa shape index (κ1) is 15.9. The Balaban J connectivity index is 1.68. The first-order valence-corrected chi connectivity index (χ1v) is 8.91. The Morgan fingerprint density at radius 3 is 2.85 bits per heavy atom. The number of para-hydroxylation sites is 1. The molecule has 6 heteroatoms. The largest absolute Gasteiger partial charge is 0.341 e. The van der Waals surface area contributed by atoms with Crippen LogP contribution in [0.1, 0.15) is 11.4 Å². The zero-order valence-corrected chi connectivity index (χ0v) is 14.9. The molecular formula is C21H19N6+. The second-order valence-electron chi connectivity index (χ2n) is 6.55. The fourth-order valence-corrected chi connectivity index (χ4v) is 3.71. The van der Waals surface area contributed by atoms with Gasteiger partial charge in [-0.15, -0.1) is 0 Å². The molecule has 3 heterocycles. The Hall–Kier alpha value is -3.35. The summed E-state index contributed by atoms with van der Waals surface area (Å²) in [4.78, 5) is 12.5. The minimum atomic E-state index is 0.250. The lowest BCUT2D eigenvalue weighted by Crippen LogP contribution is -2.45. The van der Waals surface area contributed by atoms with Crippen molar-refractivity contribution in [3.8, 4) is 0 Å². The zero-order valence-electron chi connectivity index (χ0n) is 14.9. The molecule has 2 aliphatic rings. The molecule has 132 valence electrons. The van der Waals surface area contributed by atoms with E-state index in [2.05, 4.69) is 56.7 Å². The van der Waals surface area contributed by atoms with Gasteiger partial charge < -0.3 is 10.3 Å². The number of quaternary nitrogens is 1. The van der Waals surface area contributed by atoms with Crippen molar-refractivity contribution >= 4 is 34.6 Å². The first-order valence-electron chi connectivity index (χ1n) is 8.91. The maximum atomic E-state index is 4.79. The van der Waals surface area contributed by atoms with Crippen LogP contribution in [0.3, 0.4) is 0 Å². The minimum Gasteiger partial charge on any atom is -0.341 e. The van der Waals surface area contributed by atoms with Crippen LogP contribution >= 0.6 is 0 Å². The average molecular weight is 355 g/mol. The molecule has 0 amide bonds. The van der Waals surface area contributed by atoms with Crippen molar-refractivity contribution in [2.24, 2.45) is 10.1 Å². The smallest absolute Gasteiger partial charge is 0.266 e. The fraction of sp³-hybridized carbons (Fsp3) is 0.0952. The molecule has 0 radical (unpaired) electrons. The number of hydrogen-bond donors (Lipinski definition) is 2. The molecule has 1 atom stereocenters. The SMILES string of the molecule is CNCc1nc2ccc(C3=CC=CC4=NC=N[N+]34c3ccccc3)cc2[nH]1. The molecule has 2 aliphatic heterocycles. The van der Waals surface area contributed by atoms with Crippen LogP contribution in [0.15, 0.2) is 76.9 Å². The highest BCUT2D eigenvalue weighted by Crippen LogP contribution is 2.40. The molecule has 1 unspecified atom stereocenters. The number of fused-ring (bicyclic) bond motifs is 2. The van der Waals surface area contributed by atoms with Gasteiger partial charge in [-0.2, -0.15) is 4.99 Å². The van der Waals surface area contributed by atoms with Crippen LogP contribution in [-0.4, -0.2) is 29.2 Å². The third kappa shape index (κ3) is 2.38. The monoisotopic (exact) mass is 355 g/mol. The van der Waals surface area contributed by atoms with E-state index in [0.717, 1.165) is 39.6 Å². The molecule has 0 bridgehead atoms. The number of hydrogen-bond acceptors (Lipinski definition) is 4. The van der Waals surface area contributed by atoms with Gasteiger partial charge in [0, 0.05) is 29.8 Å². The van der Waals surface area contributed by atoms with E-state index in [0.29, 0.717) is 6.54 Å². The summed E-state index contributed by atoms with van der Waals surface area (Å²) in [5.41, 5.74) is 5.17. The van der Waals surface area contributed by atoms with Crippen molar-refractivity contribution in [3.63, 3.8) is 0 Å². The number of benzene rings is 2. The number of aromatic nitrogens is 2. The normalized spacial score (nSPS) is 20.6. The third-order valence-corrected chi connectivity index (χ3v) is 4.90. The van der Waals surface area contributed by atoms with E-state index >= 15 is 0 Å². The van der Waals surface area contributed by atoms with E-state index in [4.69, 9.17) is 5.10 Å². The summed E-state index contributed by atoms with van der Waals surface area (Å²) in [5.74, 6) is 1.81. The second kappa shape index (κ2) is 6.12. The number of nitrogens with one attached hydrogen (secondary N) is 2. The number of H-pyrrole nitrogens is 1. The van der Waals surface area contributed by atoms with Gasteiger partial charge in [0.1, 0.15) is 5.82 Å². The summed E-state index contributed by atoms with van der Waals surface area (Å²) in [6.07, 6.45) is 7.81. The van der Waals surface area contributed by atoms with E-state index in [1.54, 1.807) is 6.34 Å². The lowest BCUT2D eigenvalue weighted by atomic mass is 10.0. The van der Waals surface area contributed by atoms with Crippen molar-refractivity contribution in [3.05, 3.63) is 78.1 Å². The fourth-order valence-electron chi connectivity index (χ4n) is 3.71. The zero-order chi connectivity index (χ0) is 18.3. The molecule has 2 N–H and O–H groups in total. The topological polar surface area (TPSA) is 65.4 Å². The van der Waals surface area contributed by atoms with Crippen LogP contribution < -0.4 is 9.91 Å². The van der Waals surface area contributed by atoms with Gasteiger partial charge in [-0.05, 0) is 31.3 Å². The molecule has 0 saturated carbocycles. The standard InChI is InChI=1S/C21H19N6/c1-22-13-20-25-17-11-10-15(12-18(17)26-20)19-8-5-9-21-23-14-24-27(19,21)16-6-3-2-4-7-16/h2-12,14,22H,13H2,1H3,(H,25,26)/q+1. The molecule has 0 aliphatic carbocycles. The Bertz CT molecular complexity index is 1140. The summed E-state index contributed by atoms with van der Waals surface area (Å²) < 4.78 is 0.250. The maximum absolute atomic E-state index is 4.79. The van der Waals surface area contributed by atoms with Gasteiger partial charge in [-0.3, -0.25) is 0 Å². The molecule has 3 aromatic rings. The van der Waals surface area contributed by atoms with Crippen LogP contribution in [0.5, 0.6) is 0 Å². The van der Waals surface area contributed by atoms with Crippen LogP contribution in [0, 0.1) is 0 Å². The van der Waals surface area contributed by atoms with Gasteiger partial charge in [0.15, 0.2) is 17.7 Å². The summed E-state index contributed by atoms with van der Waals surface area (Å²) in [6, 6.07) is 16.6. The predicted octanol–water partition coefficient (Wildman–Crippen LogP) is 3.56. The minimum absolute atomic E-state index is 0.250. The summed E-state index contributed by atoms with van der Waals surface area (Å²) in [6.45, 7) is 0.709. The molecule has 0 saturated heterocycles. The Morgan fingerprint density at radius 1 is 1.11 bits per heavy atom. The van der Waals surface area contributed by atoms with Gasteiger partial charge in [-0.25, -0.2) is 4.98 Å². The highest BCUT2D eigenvalue weighted by Gasteiger charge is 2.46. The van der Waals surface area contributed by atoms with Gasteiger partial charge in [0.2, 0.25) is 0 Å². The second-order valence-corrected chi connectivity index (χ2v) is 6.55. The van der Waals surface area contributed by atoms with Gasteiger partial charge in [0.05, 0.1) is 17.6 Å². The lowest BCUT2D eigenvalue weighted by Gasteiger charge is -2.31. The molecule has 2 aromatic carbocycles. The Labute approximate surface area is 156 Å². The number of rotatable bonds is 4. The van der Waals surface area contributed by atoms with Crippen molar-refractivity contribution < 1.29 is 0 Å². The van der Waals surface area contributed by atoms with E-state index in [1.807, 2.05) is 37.4 Å². The van der Waals surface area contributed by atoms with E-state index in [9.17, 15) is 0 Å². The van der Waals surface area contributed by atoms with Crippen molar-refractivity contribution in [1.29, 1.82) is 0 Å². The van der Waals surface area contributed by atoms with E-state index < -0.39 is 0 Å². The lowest BCUT2D eigenvalue weighted by molar-refractivity contribution is 0.618. The number of allylic oxidation sites excluding steroid dienone is 2. The third-order valence-electron chi connectivity index (χ3n) is 4.90. The number of nitrogens with zero attached hydrogens (tertiary/aromatic N) is 4. The molecule has 5 rings (SSSR count). The summed E-state index contributed by atoms with van der Waals surface area (Å²) in [7, 11) is 1.91. The van der Waals surface area contributed by atoms with Crippen LogP contribution in [-0.2, 0) is 6.54 Å². The van der Waals surface area contributed by atoms with Crippen LogP contribution in [0.4, 0.5) is 5.69 Å². The van der Waals surface area contributed by atoms with Crippen LogP contribution in [0.2, 0.25) is 0 Å². The average Bonchev–Trinajstić information content (AvgIpc) is 3.32. The van der Waals surface area contributed by atoms with Gasteiger partial charge in [-0.1, -0.05) is 27.9 Å². The highest BCUT2D eigenvalue weighted by molar-refractivity contribution is 6.15. The number of aromatic amines is 1. The Kier molecular flexibility index (Phi) is 3.60. The van der Waals surface area contributed by atoms with Gasteiger partial charge in [0.25, 0.3) is 5.84 Å². The molecule has 27 heavy (non-hydrogen) atoms.